The van der Waals surface area contributed by atoms with Crippen molar-refractivity contribution >= 4 is 59.6 Å². The average molecular weight is 428 g/mol. The van der Waals surface area contributed by atoms with Crippen LogP contribution in [0, 0.1) is 0 Å². The summed E-state index contributed by atoms with van der Waals surface area (Å²) in [6.45, 7) is 0. The normalized spacial score (nSPS) is 12.2. The van der Waals surface area contributed by atoms with Crippen molar-refractivity contribution in [1.29, 1.82) is 0 Å². The molecule has 0 aliphatic carbocycles. The maximum atomic E-state index is 12.2. The predicted octanol–water partition coefficient (Wildman–Crippen LogP) is 2.23. The topological polar surface area (TPSA) is 164 Å². The number of benzene rings is 2. The van der Waals surface area contributed by atoms with Crippen molar-refractivity contribution in [2.75, 3.05) is 11.1 Å². The zero-order valence-corrected chi connectivity index (χ0v) is 15.7. The van der Waals surface area contributed by atoms with Crippen LogP contribution in [0.4, 0.5) is 11.4 Å². The summed E-state index contributed by atoms with van der Waals surface area (Å²) in [6.07, 6.45) is 0. The van der Waals surface area contributed by atoms with Crippen LogP contribution in [0.3, 0.4) is 0 Å². The van der Waals surface area contributed by atoms with E-state index in [-0.39, 0.29) is 22.1 Å². The van der Waals surface area contributed by atoms with E-state index >= 15 is 0 Å². The summed E-state index contributed by atoms with van der Waals surface area (Å²) < 4.78 is 65.9. The number of amides is 1. The van der Waals surface area contributed by atoms with Crippen molar-refractivity contribution in [3.63, 3.8) is 0 Å². The molecule has 0 saturated heterocycles. The van der Waals surface area contributed by atoms with Gasteiger partial charge in [-0.25, -0.2) is 0 Å². The maximum absolute atomic E-state index is 12.2. The molecule has 1 amide bonds. The molecule has 27 heavy (non-hydrogen) atoms. The highest BCUT2D eigenvalue weighted by molar-refractivity contribution is 7.86. The molecular weight excluding hydrogens is 416 g/mol. The van der Waals surface area contributed by atoms with Crippen LogP contribution in [0.15, 0.2) is 51.6 Å². The van der Waals surface area contributed by atoms with E-state index in [9.17, 15) is 30.7 Å². The summed E-state index contributed by atoms with van der Waals surface area (Å²) in [6, 6.07) is 7.39. The van der Waals surface area contributed by atoms with Crippen LogP contribution in [0.25, 0.3) is 10.8 Å². The lowest BCUT2D eigenvalue weighted by Crippen LogP contribution is -2.12. The summed E-state index contributed by atoms with van der Waals surface area (Å²) >= 11 is 1.14. The second-order valence-electron chi connectivity index (χ2n) is 5.47. The van der Waals surface area contributed by atoms with Gasteiger partial charge in [0.25, 0.3) is 26.1 Å². The second kappa shape index (κ2) is 6.58. The Labute approximate surface area is 157 Å². The summed E-state index contributed by atoms with van der Waals surface area (Å²) in [5, 5.41) is 3.64. The van der Waals surface area contributed by atoms with E-state index in [0.29, 0.717) is 4.88 Å². The highest BCUT2D eigenvalue weighted by Gasteiger charge is 2.23. The first kappa shape index (κ1) is 19.3. The average Bonchev–Trinajstić information content (AvgIpc) is 3.06. The molecule has 0 unspecified atom stereocenters. The van der Waals surface area contributed by atoms with E-state index in [2.05, 4.69) is 5.32 Å². The molecule has 0 fully saturated rings. The number of fused-ring (bicyclic) bond motifs is 1. The molecule has 0 aliphatic heterocycles. The fourth-order valence-electron chi connectivity index (χ4n) is 2.52. The van der Waals surface area contributed by atoms with Crippen molar-refractivity contribution in [2.24, 2.45) is 0 Å². The first-order valence-corrected chi connectivity index (χ1v) is 10.9. The highest BCUT2D eigenvalue weighted by atomic mass is 32.2. The van der Waals surface area contributed by atoms with Gasteiger partial charge in [0.15, 0.2) is 0 Å². The van der Waals surface area contributed by atoms with Gasteiger partial charge in [-0.15, -0.1) is 11.3 Å². The third-order valence-corrected chi connectivity index (χ3v) is 6.23. The lowest BCUT2D eigenvalue weighted by molar-refractivity contribution is 0.103. The number of hydrogen-bond donors (Lipinski definition) is 4. The van der Waals surface area contributed by atoms with Gasteiger partial charge in [-0.3, -0.25) is 13.9 Å². The van der Waals surface area contributed by atoms with Crippen LogP contribution in [-0.4, -0.2) is 31.8 Å². The second-order valence-corrected chi connectivity index (χ2v) is 9.20. The molecule has 2 aromatic carbocycles. The summed E-state index contributed by atoms with van der Waals surface area (Å²) in [5.74, 6) is -0.561. The highest BCUT2D eigenvalue weighted by Crippen LogP contribution is 2.34. The van der Waals surface area contributed by atoms with Gasteiger partial charge >= 0.3 is 0 Å². The van der Waals surface area contributed by atoms with E-state index < -0.39 is 35.9 Å². The van der Waals surface area contributed by atoms with Crippen LogP contribution in [-0.2, 0) is 20.2 Å². The van der Waals surface area contributed by atoms with E-state index in [0.717, 1.165) is 35.6 Å². The van der Waals surface area contributed by atoms with E-state index in [1.165, 1.54) is 6.07 Å². The number of nitrogens with one attached hydrogen (secondary N) is 1. The van der Waals surface area contributed by atoms with Crippen LogP contribution >= 0.6 is 11.3 Å². The van der Waals surface area contributed by atoms with Crippen molar-refractivity contribution in [1.82, 2.24) is 0 Å². The number of carbonyl (C=O) groups is 1. The lowest BCUT2D eigenvalue weighted by Gasteiger charge is -2.12. The van der Waals surface area contributed by atoms with Crippen LogP contribution in [0.5, 0.6) is 0 Å². The molecule has 0 spiro atoms. The number of hydrogen-bond acceptors (Lipinski definition) is 7. The van der Waals surface area contributed by atoms with Gasteiger partial charge < -0.3 is 11.1 Å². The third-order valence-electron chi connectivity index (χ3n) is 3.57. The Balaban J connectivity index is 2.31. The summed E-state index contributed by atoms with van der Waals surface area (Å²) in [7, 11) is -9.57. The van der Waals surface area contributed by atoms with Gasteiger partial charge in [-0.2, -0.15) is 16.8 Å². The molecule has 0 aliphatic rings. The van der Waals surface area contributed by atoms with Crippen LogP contribution in [0.2, 0.25) is 0 Å². The van der Waals surface area contributed by atoms with Gasteiger partial charge in [0, 0.05) is 22.1 Å². The fraction of sp³-hybridized carbons (Fsp3) is 0. The Kier molecular flexibility index (Phi) is 4.69. The van der Waals surface area contributed by atoms with Crippen LogP contribution < -0.4 is 11.1 Å². The number of nitrogens with two attached hydrogens (primary N) is 1. The van der Waals surface area contributed by atoms with Gasteiger partial charge in [0.05, 0.1) is 4.88 Å². The van der Waals surface area contributed by atoms with Crippen molar-refractivity contribution in [2.45, 2.75) is 9.79 Å². The van der Waals surface area contributed by atoms with E-state index in [1.807, 2.05) is 0 Å². The minimum Gasteiger partial charge on any atom is -0.399 e. The quantitative estimate of drug-likeness (QED) is 0.363. The van der Waals surface area contributed by atoms with Gasteiger partial charge in [-0.1, -0.05) is 6.07 Å². The molecule has 1 heterocycles. The molecule has 9 nitrogen and oxygen atoms in total. The first-order chi connectivity index (χ1) is 12.5. The van der Waals surface area contributed by atoms with Crippen molar-refractivity contribution in [3.8, 4) is 0 Å². The number of rotatable bonds is 4. The molecular formula is C15H12N2O7S3. The smallest absolute Gasteiger partial charge is 0.295 e. The Morgan fingerprint density at radius 1 is 0.963 bits per heavy atom. The zero-order chi connectivity index (χ0) is 20.0. The number of thiophene rings is 1. The largest absolute Gasteiger partial charge is 0.399 e. The molecule has 3 rings (SSSR count). The Hall–Kier alpha value is -2.51. The maximum Gasteiger partial charge on any atom is 0.295 e. The Morgan fingerprint density at radius 3 is 2.11 bits per heavy atom. The van der Waals surface area contributed by atoms with Crippen LogP contribution in [0.1, 0.15) is 9.67 Å². The zero-order valence-electron chi connectivity index (χ0n) is 13.3. The molecule has 3 aromatic rings. The molecule has 0 radical (unpaired) electrons. The number of anilines is 2. The van der Waals surface area contributed by atoms with Crippen molar-refractivity contribution < 1.29 is 30.7 Å². The SMILES string of the molecule is Nc1cc(S(=O)(=O)O)c2cc(NC(=O)c3cccs3)cc(S(=O)(=O)O)c2c1. The number of nitrogen functional groups attached to an aromatic ring is 1. The monoisotopic (exact) mass is 428 g/mol. The number of carbonyl (C=O) groups excluding carboxylic acids is 1. The molecule has 1 aromatic heterocycles. The van der Waals surface area contributed by atoms with E-state index in [4.69, 9.17) is 5.73 Å². The minimum atomic E-state index is -4.80. The van der Waals surface area contributed by atoms with Gasteiger partial charge in [-0.05, 0) is 35.7 Å². The molecule has 0 bridgehead atoms. The fourth-order valence-corrected chi connectivity index (χ4v) is 4.59. The standard InChI is InChI=1S/C15H12N2O7S3/c16-8-4-10-11(13(5-8)26(19,20)21)6-9(7-14(10)27(22,23)24)17-15(18)12-2-1-3-25-12/h1-7H,16H2,(H,17,18)(H,19,20,21)(H,22,23,24). The molecule has 5 N–H and O–H groups in total. The predicted molar refractivity (Wildman–Crippen MR) is 100 cm³/mol. The molecule has 0 saturated carbocycles. The third kappa shape index (κ3) is 3.94. The molecule has 12 heteroatoms. The summed E-state index contributed by atoms with van der Waals surface area (Å²) in [5.41, 5.74) is 5.36. The van der Waals surface area contributed by atoms with E-state index in [1.54, 1.807) is 11.4 Å². The molecule has 0 atom stereocenters. The first-order valence-electron chi connectivity index (χ1n) is 7.14. The Morgan fingerprint density at radius 2 is 1.56 bits per heavy atom. The minimum absolute atomic E-state index is 0.0943. The molecule has 142 valence electrons. The lowest BCUT2D eigenvalue weighted by atomic mass is 10.1. The summed E-state index contributed by atoms with van der Waals surface area (Å²) in [4.78, 5) is 11.2. The Bertz CT molecular complexity index is 1260. The van der Waals surface area contributed by atoms with Crippen molar-refractivity contribution in [3.05, 3.63) is 46.7 Å². The van der Waals surface area contributed by atoms with Gasteiger partial charge in [0.2, 0.25) is 0 Å². The van der Waals surface area contributed by atoms with Gasteiger partial charge in [0.1, 0.15) is 9.79 Å².